The van der Waals surface area contributed by atoms with Gasteiger partial charge in [0.25, 0.3) is 0 Å². The first-order valence-corrected chi connectivity index (χ1v) is 10.1. The summed E-state index contributed by atoms with van der Waals surface area (Å²) in [5.74, 6) is 0.385. The zero-order valence-corrected chi connectivity index (χ0v) is 16.8. The highest BCUT2D eigenvalue weighted by Gasteiger charge is 2.23. The van der Waals surface area contributed by atoms with Gasteiger partial charge >= 0.3 is 5.97 Å². The summed E-state index contributed by atoms with van der Waals surface area (Å²) in [5.41, 5.74) is 1.16. The molecular weight excluding hydrogens is 350 g/mol. The van der Waals surface area contributed by atoms with Gasteiger partial charge < -0.3 is 14.1 Å². The predicted octanol–water partition coefficient (Wildman–Crippen LogP) is 4.72. The van der Waals surface area contributed by atoms with E-state index in [2.05, 4.69) is 43.0 Å². The van der Waals surface area contributed by atoms with Gasteiger partial charge in [0.2, 0.25) is 0 Å². The van der Waals surface area contributed by atoms with E-state index in [1.807, 2.05) is 30.3 Å². The average Bonchev–Trinajstić information content (AvgIpc) is 3.24. The number of benzene rings is 2. The molecule has 0 bridgehead atoms. The highest BCUT2D eigenvalue weighted by molar-refractivity contribution is 5.86. The summed E-state index contributed by atoms with van der Waals surface area (Å²) in [6.07, 6.45) is 2.82. The minimum atomic E-state index is -0.270. The Balaban J connectivity index is 1.74. The van der Waals surface area contributed by atoms with Crippen molar-refractivity contribution in [2.45, 2.75) is 26.7 Å². The van der Waals surface area contributed by atoms with E-state index in [0.717, 1.165) is 31.0 Å². The fraction of sp³-hybridized carbons (Fsp3) is 0.375. The summed E-state index contributed by atoms with van der Waals surface area (Å²) < 4.78 is 11.1. The first-order chi connectivity index (χ1) is 13.7. The maximum Gasteiger partial charge on any atom is 0.309 e. The van der Waals surface area contributed by atoms with Crippen molar-refractivity contribution in [3.8, 4) is 0 Å². The highest BCUT2D eigenvalue weighted by atomic mass is 16.5. The quantitative estimate of drug-likeness (QED) is 0.478. The Bertz CT molecular complexity index is 863. The maximum atomic E-state index is 12.9. The second-order valence-electron chi connectivity index (χ2n) is 7.02. The number of carbonyl (C=O) groups excluding carboxylic acids is 1. The molecule has 28 heavy (non-hydrogen) atoms. The van der Waals surface area contributed by atoms with Gasteiger partial charge in [-0.1, -0.05) is 56.3 Å². The van der Waals surface area contributed by atoms with Crippen LogP contribution in [0.25, 0.3) is 10.8 Å². The van der Waals surface area contributed by atoms with Crippen LogP contribution in [0, 0.1) is 5.92 Å². The number of hydrogen-bond donors (Lipinski definition) is 0. The Morgan fingerprint density at radius 3 is 2.54 bits per heavy atom. The molecule has 4 nitrogen and oxygen atoms in total. The van der Waals surface area contributed by atoms with Crippen molar-refractivity contribution >= 4 is 16.7 Å². The van der Waals surface area contributed by atoms with Gasteiger partial charge in [-0.3, -0.25) is 4.79 Å². The van der Waals surface area contributed by atoms with Crippen molar-refractivity contribution in [2.75, 3.05) is 26.2 Å². The summed E-state index contributed by atoms with van der Waals surface area (Å²) >= 11 is 0. The number of likely N-dealkylation sites (N-methyl/N-ethyl adjacent to an activating group) is 1. The van der Waals surface area contributed by atoms with Crippen LogP contribution >= 0.6 is 0 Å². The number of carbonyl (C=O) groups is 1. The van der Waals surface area contributed by atoms with Crippen LogP contribution < -0.4 is 0 Å². The molecule has 0 aliphatic rings. The molecule has 1 atom stereocenters. The van der Waals surface area contributed by atoms with E-state index in [0.29, 0.717) is 19.4 Å². The molecular formula is C24H29NO3. The zero-order chi connectivity index (χ0) is 19.8. The number of furan rings is 1. The normalized spacial score (nSPS) is 12.4. The standard InChI is InChI=1S/C24H29NO3/c1-3-25(4-2)14-16-28-24(26)21(18-22-12-8-15-27-22)17-20-11-7-10-19-9-5-6-13-23(19)20/h5-13,15,21H,3-4,14,16-18H2,1-2H3/t21-/m0/s1. The topological polar surface area (TPSA) is 42.7 Å². The molecule has 0 aliphatic heterocycles. The minimum Gasteiger partial charge on any atom is -0.469 e. The van der Waals surface area contributed by atoms with Crippen molar-refractivity contribution in [3.05, 3.63) is 72.2 Å². The Morgan fingerprint density at radius 1 is 1.00 bits per heavy atom. The molecule has 0 spiro atoms. The highest BCUT2D eigenvalue weighted by Crippen LogP contribution is 2.24. The molecule has 1 aromatic heterocycles. The van der Waals surface area contributed by atoms with Crippen LogP contribution in [-0.2, 0) is 22.4 Å². The van der Waals surface area contributed by atoms with Crippen LogP contribution in [0.1, 0.15) is 25.2 Å². The molecule has 148 valence electrons. The van der Waals surface area contributed by atoms with Crippen LogP contribution in [0.3, 0.4) is 0 Å². The smallest absolute Gasteiger partial charge is 0.309 e. The SMILES string of the molecule is CCN(CC)CCOC(=O)[C@H](Cc1ccco1)Cc1cccc2ccccc12. The third kappa shape index (κ3) is 5.23. The predicted molar refractivity (Wildman–Crippen MR) is 112 cm³/mol. The zero-order valence-electron chi connectivity index (χ0n) is 16.8. The molecule has 0 radical (unpaired) electrons. The molecule has 4 heteroatoms. The van der Waals surface area contributed by atoms with Gasteiger partial charge in [0.05, 0.1) is 12.2 Å². The molecule has 3 aromatic rings. The lowest BCUT2D eigenvalue weighted by molar-refractivity contribution is -0.149. The van der Waals surface area contributed by atoms with Crippen LogP contribution in [-0.4, -0.2) is 37.1 Å². The molecule has 1 heterocycles. The van der Waals surface area contributed by atoms with Crippen LogP contribution in [0.5, 0.6) is 0 Å². The maximum absolute atomic E-state index is 12.9. The van der Waals surface area contributed by atoms with Gasteiger partial charge in [-0.25, -0.2) is 0 Å². The fourth-order valence-electron chi connectivity index (χ4n) is 3.58. The minimum absolute atomic E-state index is 0.156. The Morgan fingerprint density at radius 2 is 1.79 bits per heavy atom. The first-order valence-electron chi connectivity index (χ1n) is 10.1. The summed E-state index contributed by atoms with van der Waals surface area (Å²) in [7, 11) is 0. The number of rotatable bonds is 10. The molecule has 0 aliphatic carbocycles. The fourth-order valence-corrected chi connectivity index (χ4v) is 3.58. The lowest BCUT2D eigenvalue weighted by Crippen LogP contribution is -2.30. The molecule has 0 N–H and O–H groups in total. The largest absolute Gasteiger partial charge is 0.469 e. The number of nitrogens with zero attached hydrogens (tertiary/aromatic N) is 1. The molecule has 3 rings (SSSR count). The molecule has 0 unspecified atom stereocenters. The monoisotopic (exact) mass is 379 g/mol. The van der Waals surface area contributed by atoms with E-state index < -0.39 is 0 Å². The first kappa shape index (κ1) is 20.2. The molecule has 0 fully saturated rings. The van der Waals surface area contributed by atoms with Gasteiger partial charge in [-0.05, 0) is 48.0 Å². The van der Waals surface area contributed by atoms with Crippen molar-refractivity contribution in [1.82, 2.24) is 4.90 Å². The van der Waals surface area contributed by atoms with Crippen LogP contribution in [0.15, 0.2) is 65.3 Å². The molecule has 0 saturated heterocycles. The van der Waals surface area contributed by atoms with Gasteiger partial charge in [0.1, 0.15) is 12.4 Å². The van der Waals surface area contributed by atoms with E-state index in [1.54, 1.807) is 6.26 Å². The average molecular weight is 380 g/mol. The second kappa shape index (κ2) is 10.1. The third-order valence-electron chi connectivity index (χ3n) is 5.25. The number of ether oxygens (including phenoxy) is 1. The Hall–Kier alpha value is -2.59. The summed E-state index contributed by atoms with van der Waals surface area (Å²) in [4.78, 5) is 15.1. The van der Waals surface area contributed by atoms with E-state index in [9.17, 15) is 4.79 Å². The van der Waals surface area contributed by atoms with Gasteiger partial charge in [0, 0.05) is 13.0 Å². The Kier molecular flexibility index (Phi) is 7.26. The van der Waals surface area contributed by atoms with E-state index in [-0.39, 0.29) is 11.9 Å². The van der Waals surface area contributed by atoms with E-state index >= 15 is 0 Å². The van der Waals surface area contributed by atoms with Gasteiger partial charge in [0.15, 0.2) is 0 Å². The van der Waals surface area contributed by atoms with Crippen molar-refractivity contribution in [1.29, 1.82) is 0 Å². The Labute approximate surface area is 167 Å². The van der Waals surface area contributed by atoms with Crippen molar-refractivity contribution in [3.63, 3.8) is 0 Å². The van der Waals surface area contributed by atoms with Gasteiger partial charge in [-0.15, -0.1) is 0 Å². The molecule has 2 aromatic carbocycles. The lowest BCUT2D eigenvalue weighted by Gasteiger charge is -2.20. The third-order valence-corrected chi connectivity index (χ3v) is 5.25. The van der Waals surface area contributed by atoms with Crippen LogP contribution in [0.4, 0.5) is 0 Å². The van der Waals surface area contributed by atoms with E-state index in [4.69, 9.17) is 9.15 Å². The molecule has 0 amide bonds. The summed E-state index contributed by atoms with van der Waals surface area (Å²) in [5, 5.41) is 2.37. The van der Waals surface area contributed by atoms with Crippen LogP contribution in [0.2, 0.25) is 0 Å². The van der Waals surface area contributed by atoms with Gasteiger partial charge in [-0.2, -0.15) is 0 Å². The number of hydrogen-bond acceptors (Lipinski definition) is 4. The van der Waals surface area contributed by atoms with Crippen molar-refractivity contribution in [2.24, 2.45) is 5.92 Å². The summed E-state index contributed by atoms with van der Waals surface area (Å²) in [6.45, 7) is 7.34. The summed E-state index contributed by atoms with van der Waals surface area (Å²) in [6, 6.07) is 18.3. The van der Waals surface area contributed by atoms with Crippen molar-refractivity contribution < 1.29 is 13.9 Å². The number of fused-ring (bicyclic) bond motifs is 1. The molecule has 0 saturated carbocycles. The number of esters is 1. The van der Waals surface area contributed by atoms with E-state index in [1.165, 1.54) is 10.8 Å². The lowest BCUT2D eigenvalue weighted by atomic mass is 9.92. The second-order valence-corrected chi connectivity index (χ2v) is 7.02.